The van der Waals surface area contributed by atoms with Gasteiger partial charge in [-0.2, -0.15) is 0 Å². The largest absolute Gasteiger partial charge is 0.349 e. The Balaban J connectivity index is 1.86. The molecular weight excluding hydrogens is 410 g/mol. The van der Waals surface area contributed by atoms with Crippen LogP contribution in [0.2, 0.25) is 0 Å². The minimum Gasteiger partial charge on any atom is -0.349 e. The van der Waals surface area contributed by atoms with Gasteiger partial charge in [0.15, 0.2) is 11.6 Å². The van der Waals surface area contributed by atoms with Gasteiger partial charge in [0.05, 0.1) is 17.2 Å². The summed E-state index contributed by atoms with van der Waals surface area (Å²) in [4.78, 5) is 13.4. The van der Waals surface area contributed by atoms with Crippen molar-refractivity contribution in [2.24, 2.45) is 0 Å². The number of amides is 1. The van der Waals surface area contributed by atoms with E-state index in [1.807, 2.05) is 30.3 Å². The Bertz CT molecular complexity index is 1000. The van der Waals surface area contributed by atoms with E-state index in [1.165, 1.54) is 10.4 Å². The molecule has 0 radical (unpaired) electrons. The first-order valence-corrected chi connectivity index (χ1v) is 11.6. The number of hydrogen-bond acceptors (Lipinski definition) is 3. The molecule has 30 heavy (non-hydrogen) atoms. The number of halogens is 2. The summed E-state index contributed by atoms with van der Waals surface area (Å²) in [5.74, 6) is -2.14. The van der Waals surface area contributed by atoms with Gasteiger partial charge < -0.3 is 5.32 Å². The number of benzene rings is 2. The summed E-state index contributed by atoms with van der Waals surface area (Å²) in [7, 11) is -3.33. The summed E-state index contributed by atoms with van der Waals surface area (Å²) in [6.07, 6.45) is 0.680. The highest BCUT2D eigenvalue weighted by Gasteiger charge is 2.45. The van der Waals surface area contributed by atoms with Crippen LogP contribution in [0.1, 0.15) is 43.9 Å². The van der Waals surface area contributed by atoms with Crippen LogP contribution in [0.3, 0.4) is 0 Å². The Morgan fingerprint density at radius 1 is 1.10 bits per heavy atom. The summed E-state index contributed by atoms with van der Waals surface area (Å²) in [6, 6.07) is 12.3. The molecule has 1 aliphatic rings. The van der Waals surface area contributed by atoms with E-state index in [1.54, 1.807) is 13.8 Å². The lowest BCUT2D eigenvalue weighted by Gasteiger charge is -2.41. The van der Waals surface area contributed by atoms with Crippen molar-refractivity contribution in [3.05, 3.63) is 71.3 Å². The standard InChI is InChI=1S/C22H26F2N2O3S/c1-3-30(28,29)26-13-11-22(12-14-26,18-7-5-4-6-8-18)21(27)25-16(2)17-9-10-19(23)20(24)15-17/h4-10,15-16H,3,11-14H2,1-2H3,(H,25,27). The first kappa shape index (κ1) is 22.4. The second kappa shape index (κ2) is 8.81. The molecule has 162 valence electrons. The van der Waals surface area contributed by atoms with Crippen LogP contribution in [0.5, 0.6) is 0 Å². The number of rotatable bonds is 6. The van der Waals surface area contributed by atoms with Gasteiger partial charge in [-0.1, -0.05) is 36.4 Å². The topological polar surface area (TPSA) is 66.5 Å². The van der Waals surface area contributed by atoms with E-state index in [4.69, 9.17) is 0 Å². The van der Waals surface area contributed by atoms with Gasteiger partial charge in [-0.15, -0.1) is 0 Å². The van der Waals surface area contributed by atoms with Gasteiger partial charge in [-0.05, 0) is 49.9 Å². The molecule has 5 nitrogen and oxygen atoms in total. The number of carbonyl (C=O) groups excluding carboxylic acids is 1. The van der Waals surface area contributed by atoms with Crippen LogP contribution in [0.4, 0.5) is 8.78 Å². The molecule has 0 saturated carbocycles. The number of piperidine rings is 1. The smallest absolute Gasteiger partial charge is 0.231 e. The lowest BCUT2D eigenvalue weighted by molar-refractivity contribution is -0.129. The molecule has 1 heterocycles. The SMILES string of the molecule is CCS(=O)(=O)N1CCC(C(=O)NC(C)c2ccc(F)c(F)c2)(c2ccccc2)CC1. The van der Waals surface area contributed by atoms with Gasteiger partial charge in [0.25, 0.3) is 0 Å². The average Bonchev–Trinajstić information content (AvgIpc) is 2.76. The molecule has 1 aliphatic heterocycles. The molecule has 1 unspecified atom stereocenters. The minimum absolute atomic E-state index is 0.0185. The molecule has 8 heteroatoms. The fourth-order valence-electron chi connectivity index (χ4n) is 3.93. The summed E-state index contributed by atoms with van der Waals surface area (Å²) in [5.41, 5.74) is 0.374. The van der Waals surface area contributed by atoms with E-state index >= 15 is 0 Å². The highest BCUT2D eigenvalue weighted by Crippen LogP contribution is 2.37. The highest BCUT2D eigenvalue weighted by molar-refractivity contribution is 7.89. The lowest BCUT2D eigenvalue weighted by Crippen LogP contribution is -2.53. The van der Waals surface area contributed by atoms with Crippen LogP contribution in [0.15, 0.2) is 48.5 Å². The van der Waals surface area contributed by atoms with E-state index < -0.39 is 33.1 Å². The zero-order chi connectivity index (χ0) is 21.9. The second-order valence-electron chi connectivity index (χ2n) is 7.62. The maximum Gasteiger partial charge on any atom is 0.231 e. The first-order chi connectivity index (χ1) is 14.2. The van der Waals surface area contributed by atoms with Crippen molar-refractivity contribution >= 4 is 15.9 Å². The van der Waals surface area contributed by atoms with Gasteiger partial charge in [-0.25, -0.2) is 21.5 Å². The third-order valence-electron chi connectivity index (χ3n) is 5.89. The molecule has 3 rings (SSSR count). The fraction of sp³-hybridized carbons (Fsp3) is 0.409. The van der Waals surface area contributed by atoms with Crippen molar-refractivity contribution < 1.29 is 22.0 Å². The third-order valence-corrected chi connectivity index (χ3v) is 7.77. The van der Waals surface area contributed by atoms with Crippen molar-refractivity contribution in [3.63, 3.8) is 0 Å². The third kappa shape index (κ3) is 4.39. The van der Waals surface area contributed by atoms with Gasteiger partial charge in [0.2, 0.25) is 15.9 Å². The van der Waals surface area contributed by atoms with Crippen molar-refractivity contribution in [1.82, 2.24) is 9.62 Å². The Morgan fingerprint density at radius 2 is 1.73 bits per heavy atom. The monoisotopic (exact) mass is 436 g/mol. The maximum absolute atomic E-state index is 13.6. The predicted octanol–water partition coefficient (Wildman–Crippen LogP) is 3.53. The maximum atomic E-state index is 13.6. The molecule has 0 bridgehead atoms. The molecule has 0 aliphatic carbocycles. The van der Waals surface area contributed by atoms with Gasteiger partial charge in [-0.3, -0.25) is 4.79 Å². The highest BCUT2D eigenvalue weighted by atomic mass is 32.2. The van der Waals surface area contributed by atoms with Gasteiger partial charge >= 0.3 is 0 Å². The molecule has 0 spiro atoms. The molecule has 0 aromatic heterocycles. The minimum atomic E-state index is -3.33. The van der Waals surface area contributed by atoms with Crippen LogP contribution in [0, 0.1) is 11.6 Å². The molecule has 1 saturated heterocycles. The summed E-state index contributed by atoms with van der Waals surface area (Å²) >= 11 is 0. The molecule has 1 atom stereocenters. The zero-order valence-electron chi connectivity index (χ0n) is 17.1. The van der Waals surface area contributed by atoms with Crippen LogP contribution in [-0.2, 0) is 20.2 Å². The summed E-state index contributed by atoms with van der Waals surface area (Å²) in [5, 5.41) is 2.92. The van der Waals surface area contributed by atoms with E-state index in [2.05, 4.69) is 5.32 Å². The quantitative estimate of drug-likeness (QED) is 0.754. The molecule has 2 aromatic rings. The predicted molar refractivity (Wildman–Crippen MR) is 111 cm³/mol. The fourth-order valence-corrected chi connectivity index (χ4v) is 5.04. The number of carbonyl (C=O) groups is 1. The Hall–Kier alpha value is -2.32. The molecule has 1 N–H and O–H groups in total. The average molecular weight is 437 g/mol. The van der Waals surface area contributed by atoms with Crippen LogP contribution < -0.4 is 5.32 Å². The van der Waals surface area contributed by atoms with E-state index in [0.29, 0.717) is 18.4 Å². The molecular formula is C22H26F2N2O3S. The molecule has 1 fully saturated rings. The van der Waals surface area contributed by atoms with Crippen molar-refractivity contribution in [2.45, 2.75) is 38.1 Å². The number of hydrogen-bond donors (Lipinski definition) is 1. The van der Waals surface area contributed by atoms with Crippen molar-refractivity contribution in [3.8, 4) is 0 Å². The lowest BCUT2D eigenvalue weighted by atomic mass is 9.72. The van der Waals surface area contributed by atoms with Crippen LogP contribution in [0.25, 0.3) is 0 Å². The first-order valence-electron chi connectivity index (χ1n) is 9.99. The Kier molecular flexibility index (Phi) is 6.57. The zero-order valence-corrected chi connectivity index (χ0v) is 17.9. The van der Waals surface area contributed by atoms with E-state index in [9.17, 15) is 22.0 Å². The van der Waals surface area contributed by atoms with E-state index in [-0.39, 0.29) is 24.7 Å². The van der Waals surface area contributed by atoms with Crippen molar-refractivity contribution in [1.29, 1.82) is 0 Å². The summed E-state index contributed by atoms with van der Waals surface area (Å²) < 4.78 is 52.8. The van der Waals surface area contributed by atoms with Crippen LogP contribution >= 0.6 is 0 Å². The molecule has 1 amide bonds. The van der Waals surface area contributed by atoms with Gasteiger partial charge in [0.1, 0.15) is 0 Å². The number of nitrogens with zero attached hydrogens (tertiary/aromatic N) is 1. The Morgan fingerprint density at radius 3 is 2.30 bits per heavy atom. The normalized spacial score (nSPS) is 18.0. The van der Waals surface area contributed by atoms with Crippen molar-refractivity contribution in [2.75, 3.05) is 18.8 Å². The van der Waals surface area contributed by atoms with E-state index in [0.717, 1.165) is 17.7 Å². The number of sulfonamides is 1. The van der Waals surface area contributed by atoms with Gasteiger partial charge in [0, 0.05) is 13.1 Å². The second-order valence-corrected chi connectivity index (χ2v) is 9.87. The number of nitrogens with one attached hydrogen (secondary N) is 1. The molecule has 2 aromatic carbocycles. The summed E-state index contributed by atoms with van der Waals surface area (Å²) in [6.45, 7) is 3.81. The van der Waals surface area contributed by atoms with Crippen LogP contribution in [-0.4, -0.2) is 37.5 Å². The Labute approximate surface area is 176 Å².